The number of ether oxygens (including phenoxy) is 2. The summed E-state index contributed by atoms with van der Waals surface area (Å²) in [7, 11) is 0. The standard InChI is InChI=1S/C22H22N4O3S/c1-3-5-12-29-17-7-6-15(13-18(17)28-4-2)14-19-21(27)26-22(30-19)24-20(25-26)16-8-10-23-11-9-16/h6-11,13-14H,3-5,12H2,1-2H3/b19-14-. The lowest BCUT2D eigenvalue weighted by Crippen LogP contribution is -2.23. The maximum atomic E-state index is 12.8. The van der Waals surface area contributed by atoms with E-state index in [4.69, 9.17) is 9.47 Å². The number of pyridine rings is 1. The summed E-state index contributed by atoms with van der Waals surface area (Å²) in [6, 6.07) is 9.33. The Bertz CT molecular complexity index is 1250. The Morgan fingerprint density at radius 3 is 2.67 bits per heavy atom. The summed E-state index contributed by atoms with van der Waals surface area (Å²) in [5.41, 5.74) is 1.49. The van der Waals surface area contributed by atoms with Gasteiger partial charge in [-0.25, -0.2) is 0 Å². The summed E-state index contributed by atoms with van der Waals surface area (Å²) in [6.07, 6.45) is 7.23. The minimum atomic E-state index is -0.191. The number of nitrogens with zero attached hydrogens (tertiary/aromatic N) is 4. The largest absolute Gasteiger partial charge is 0.490 e. The lowest BCUT2D eigenvalue weighted by molar-refractivity contribution is 0.272. The molecule has 3 aromatic heterocycles. The predicted octanol–water partition coefficient (Wildman–Crippen LogP) is 3.34. The van der Waals surface area contributed by atoms with E-state index in [0.717, 1.165) is 29.7 Å². The molecule has 0 N–H and O–H groups in total. The molecule has 0 aliphatic carbocycles. The molecule has 0 amide bonds. The Morgan fingerprint density at radius 1 is 1.10 bits per heavy atom. The van der Waals surface area contributed by atoms with E-state index in [1.165, 1.54) is 15.9 Å². The Kier molecular flexibility index (Phi) is 6.04. The predicted molar refractivity (Wildman–Crippen MR) is 117 cm³/mol. The van der Waals surface area contributed by atoms with Crippen LogP contribution >= 0.6 is 11.3 Å². The molecule has 0 saturated carbocycles. The molecule has 30 heavy (non-hydrogen) atoms. The van der Waals surface area contributed by atoms with Gasteiger partial charge in [0.25, 0.3) is 5.56 Å². The van der Waals surface area contributed by atoms with Crippen LogP contribution in [0.4, 0.5) is 0 Å². The van der Waals surface area contributed by atoms with Crippen molar-refractivity contribution in [3.8, 4) is 22.9 Å². The number of rotatable bonds is 8. The maximum absolute atomic E-state index is 12.8. The van der Waals surface area contributed by atoms with Gasteiger partial charge in [-0.2, -0.15) is 9.50 Å². The monoisotopic (exact) mass is 422 g/mol. The summed E-state index contributed by atoms with van der Waals surface area (Å²) in [4.78, 5) is 21.8. The minimum absolute atomic E-state index is 0.191. The average Bonchev–Trinajstić information content (AvgIpc) is 3.30. The number of unbranched alkanes of at least 4 members (excludes halogenated alkanes) is 1. The van der Waals surface area contributed by atoms with Crippen molar-refractivity contribution >= 4 is 22.4 Å². The quantitative estimate of drug-likeness (QED) is 0.405. The molecule has 0 fully saturated rings. The number of hydrogen-bond donors (Lipinski definition) is 0. The van der Waals surface area contributed by atoms with Crippen molar-refractivity contribution in [1.29, 1.82) is 0 Å². The first-order valence-corrected chi connectivity index (χ1v) is 10.7. The molecule has 154 valence electrons. The number of fused-ring (bicyclic) bond motifs is 1. The second-order valence-electron chi connectivity index (χ2n) is 6.62. The zero-order chi connectivity index (χ0) is 20.9. The van der Waals surface area contributed by atoms with Crippen LogP contribution in [-0.4, -0.2) is 32.8 Å². The van der Waals surface area contributed by atoms with Crippen molar-refractivity contribution in [2.45, 2.75) is 26.7 Å². The fourth-order valence-corrected chi connectivity index (χ4v) is 3.84. The van der Waals surface area contributed by atoms with E-state index in [2.05, 4.69) is 22.0 Å². The number of aromatic nitrogens is 4. The van der Waals surface area contributed by atoms with Gasteiger partial charge in [0, 0.05) is 18.0 Å². The highest BCUT2D eigenvalue weighted by molar-refractivity contribution is 7.15. The summed E-state index contributed by atoms with van der Waals surface area (Å²) < 4.78 is 13.5. The Labute approximate surface area is 177 Å². The van der Waals surface area contributed by atoms with Gasteiger partial charge in [-0.15, -0.1) is 5.10 Å². The van der Waals surface area contributed by atoms with Gasteiger partial charge in [0.05, 0.1) is 17.7 Å². The highest BCUT2D eigenvalue weighted by atomic mass is 32.1. The van der Waals surface area contributed by atoms with Gasteiger partial charge in [0.2, 0.25) is 4.96 Å². The van der Waals surface area contributed by atoms with Gasteiger partial charge in [0.1, 0.15) is 0 Å². The van der Waals surface area contributed by atoms with E-state index in [1.807, 2.05) is 43.3 Å². The molecule has 0 aliphatic heterocycles. The van der Waals surface area contributed by atoms with Crippen LogP contribution in [0.2, 0.25) is 0 Å². The highest BCUT2D eigenvalue weighted by Crippen LogP contribution is 2.29. The summed E-state index contributed by atoms with van der Waals surface area (Å²) >= 11 is 1.31. The van der Waals surface area contributed by atoms with Crippen molar-refractivity contribution in [1.82, 2.24) is 19.6 Å². The van der Waals surface area contributed by atoms with Gasteiger partial charge in [-0.1, -0.05) is 30.7 Å². The molecule has 8 heteroatoms. The minimum Gasteiger partial charge on any atom is -0.490 e. The van der Waals surface area contributed by atoms with Crippen molar-refractivity contribution in [2.75, 3.05) is 13.2 Å². The van der Waals surface area contributed by atoms with Crippen LogP contribution in [-0.2, 0) is 0 Å². The highest BCUT2D eigenvalue weighted by Gasteiger charge is 2.12. The normalized spacial score (nSPS) is 11.9. The SMILES string of the molecule is CCCCOc1ccc(/C=c2\sc3nc(-c4ccncc4)nn3c2=O)cc1OCC. The number of hydrogen-bond acceptors (Lipinski definition) is 7. The molecule has 7 nitrogen and oxygen atoms in total. The third-order valence-electron chi connectivity index (χ3n) is 4.44. The van der Waals surface area contributed by atoms with Crippen molar-refractivity contribution in [2.24, 2.45) is 0 Å². The molecule has 0 unspecified atom stereocenters. The van der Waals surface area contributed by atoms with Gasteiger partial charge in [-0.3, -0.25) is 9.78 Å². The van der Waals surface area contributed by atoms with Crippen molar-refractivity contribution < 1.29 is 9.47 Å². The Hall–Kier alpha value is -3.26. The van der Waals surface area contributed by atoms with Crippen LogP contribution in [0.25, 0.3) is 22.4 Å². The van der Waals surface area contributed by atoms with Gasteiger partial charge < -0.3 is 9.47 Å². The van der Waals surface area contributed by atoms with Crippen LogP contribution in [0.3, 0.4) is 0 Å². The van der Waals surface area contributed by atoms with Crippen LogP contribution in [0.15, 0.2) is 47.5 Å². The first-order chi connectivity index (χ1) is 14.7. The average molecular weight is 423 g/mol. The molecule has 0 saturated heterocycles. The summed E-state index contributed by atoms with van der Waals surface area (Å²) in [6.45, 7) is 5.24. The fourth-order valence-electron chi connectivity index (χ4n) is 2.94. The van der Waals surface area contributed by atoms with E-state index in [9.17, 15) is 4.79 Å². The molecule has 0 atom stereocenters. The van der Waals surface area contributed by atoms with Gasteiger partial charge in [0.15, 0.2) is 17.3 Å². The molecule has 0 bridgehead atoms. The van der Waals surface area contributed by atoms with E-state index in [0.29, 0.717) is 34.3 Å². The number of thiazole rings is 1. The topological polar surface area (TPSA) is 78.6 Å². The lowest BCUT2D eigenvalue weighted by Gasteiger charge is -2.12. The first-order valence-electron chi connectivity index (χ1n) is 9.91. The second-order valence-corrected chi connectivity index (χ2v) is 7.63. The molecule has 0 aliphatic rings. The second kappa shape index (κ2) is 9.04. The molecule has 3 heterocycles. The number of benzene rings is 1. The molecule has 4 rings (SSSR count). The van der Waals surface area contributed by atoms with Crippen molar-refractivity contribution in [3.05, 3.63) is 63.2 Å². The van der Waals surface area contributed by atoms with Gasteiger partial charge in [-0.05, 0) is 49.2 Å². The molecule has 0 spiro atoms. The first kappa shape index (κ1) is 20.0. The van der Waals surface area contributed by atoms with E-state index >= 15 is 0 Å². The van der Waals surface area contributed by atoms with E-state index < -0.39 is 0 Å². The summed E-state index contributed by atoms with van der Waals surface area (Å²) in [5, 5.41) is 4.36. The van der Waals surface area contributed by atoms with Crippen molar-refractivity contribution in [3.63, 3.8) is 0 Å². The zero-order valence-corrected chi connectivity index (χ0v) is 17.7. The van der Waals surface area contributed by atoms with E-state index in [-0.39, 0.29) is 5.56 Å². The molecular weight excluding hydrogens is 400 g/mol. The zero-order valence-electron chi connectivity index (χ0n) is 16.9. The third kappa shape index (κ3) is 4.18. The van der Waals surface area contributed by atoms with Crippen LogP contribution in [0.1, 0.15) is 32.3 Å². The fraction of sp³-hybridized carbons (Fsp3) is 0.273. The molecule has 0 radical (unpaired) electrons. The Balaban J connectivity index is 1.67. The molecular formula is C22H22N4O3S. The van der Waals surface area contributed by atoms with Gasteiger partial charge >= 0.3 is 0 Å². The maximum Gasteiger partial charge on any atom is 0.291 e. The third-order valence-corrected chi connectivity index (χ3v) is 5.40. The lowest BCUT2D eigenvalue weighted by atomic mass is 10.2. The molecule has 4 aromatic rings. The van der Waals surface area contributed by atoms with Crippen LogP contribution in [0, 0.1) is 0 Å². The summed E-state index contributed by atoms with van der Waals surface area (Å²) in [5.74, 6) is 1.91. The Morgan fingerprint density at radius 2 is 1.93 bits per heavy atom. The molecule has 1 aromatic carbocycles. The smallest absolute Gasteiger partial charge is 0.291 e. The van der Waals surface area contributed by atoms with Crippen LogP contribution < -0.4 is 19.6 Å². The van der Waals surface area contributed by atoms with E-state index in [1.54, 1.807) is 12.4 Å². The van der Waals surface area contributed by atoms with Crippen LogP contribution in [0.5, 0.6) is 11.5 Å².